The average molecular weight is 518 g/mol. The largest absolute Gasteiger partial charge is 0.390 e. The molecule has 1 aromatic carbocycles. The topological polar surface area (TPSA) is 106 Å². The molecule has 3 amide bonds. The van der Waals surface area contributed by atoms with Gasteiger partial charge in [-0.05, 0) is 56.2 Å². The summed E-state index contributed by atoms with van der Waals surface area (Å²) >= 11 is 0. The highest BCUT2D eigenvalue weighted by Crippen LogP contribution is 2.46. The summed E-state index contributed by atoms with van der Waals surface area (Å²) < 4.78 is 1.66. The SMILES string of the molecule is CN(C)C(=O)N1CCN(c2ccc(-c3cnc4c(C(=O)NC56CCC(O)(CC5)CC6)cnn4c3)cc2)CC1. The monoisotopic (exact) mass is 517 g/mol. The maximum atomic E-state index is 13.2. The summed E-state index contributed by atoms with van der Waals surface area (Å²) in [6.07, 6.45) is 9.94. The van der Waals surface area contributed by atoms with Crippen molar-refractivity contribution in [2.75, 3.05) is 45.2 Å². The number of carbonyl (C=O) groups excluding carboxylic acids is 2. The molecule has 4 aliphatic rings. The van der Waals surface area contributed by atoms with E-state index in [2.05, 4.69) is 44.6 Å². The number of hydrogen-bond donors (Lipinski definition) is 2. The molecule has 2 aromatic heterocycles. The molecule has 3 saturated carbocycles. The summed E-state index contributed by atoms with van der Waals surface area (Å²) in [5.74, 6) is -0.149. The molecule has 1 aliphatic heterocycles. The van der Waals surface area contributed by atoms with Crippen LogP contribution in [0.25, 0.3) is 16.8 Å². The van der Waals surface area contributed by atoms with Crippen LogP contribution in [0.5, 0.6) is 0 Å². The van der Waals surface area contributed by atoms with Gasteiger partial charge in [-0.1, -0.05) is 12.1 Å². The molecule has 0 spiro atoms. The van der Waals surface area contributed by atoms with E-state index in [4.69, 9.17) is 0 Å². The van der Waals surface area contributed by atoms with Gasteiger partial charge < -0.3 is 25.1 Å². The zero-order valence-corrected chi connectivity index (χ0v) is 22.1. The summed E-state index contributed by atoms with van der Waals surface area (Å²) in [7, 11) is 3.57. The van der Waals surface area contributed by atoms with E-state index in [1.165, 1.54) is 0 Å². The van der Waals surface area contributed by atoms with E-state index in [9.17, 15) is 14.7 Å². The van der Waals surface area contributed by atoms with E-state index in [-0.39, 0.29) is 17.5 Å². The van der Waals surface area contributed by atoms with Crippen molar-refractivity contribution in [3.8, 4) is 11.1 Å². The smallest absolute Gasteiger partial charge is 0.319 e. The van der Waals surface area contributed by atoms with E-state index in [0.29, 0.717) is 24.3 Å². The van der Waals surface area contributed by atoms with Gasteiger partial charge in [0, 0.05) is 69.5 Å². The van der Waals surface area contributed by atoms with E-state index >= 15 is 0 Å². The Bertz CT molecular complexity index is 1330. The first-order valence-corrected chi connectivity index (χ1v) is 13.4. The highest BCUT2D eigenvalue weighted by atomic mass is 16.3. The second-order valence-corrected chi connectivity index (χ2v) is 11.3. The number of fused-ring (bicyclic) bond motifs is 4. The standard InChI is InChI=1S/C28H35N7O3/c1-32(2)26(37)34-15-13-33(14-16-34)22-5-3-20(4-6-22)21-17-29-24-23(18-30-35(24)19-21)25(36)31-27-7-10-28(38,11-8-27)12-9-27/h3-6,17-19,38H,7-16H2,1-2H3,(H,31,36). The van der Waals surface area contributed by atoms with Crippen LogP contribution in [0.3, 0.4) is 0 Å². The molecular weight excluding hydrogens is 482 g/mol. The van der Waals surface area contributed by atoms with Gasteiger partial charge in [0.05, 0.1) is 11.8 Å². The van der Waals surface area contributed by atoms with E-state index in [1.54, 1.807) is 35.9 Å². The minimum Gasteiger partial charge on any atom is -0.390 e. The van der Waals surface area contributed by atoms with Gasteiger partial charge in [-0.2, -0.15) is 5.10 Å². The zero-order chi connectivity index (χ0) is 26.5. The lowest BCUT2D eigenvalue weighted by Crippen LogP contribution is -2.58. The number of rotatable bonds is 4. The molecule has 0 unspecified atom stereocenters. The van der Waals surface area contributed by atoms with Crippen LogP contribution in [0.4, 0.5) is 10.5 Å². The first-order valence-electron chi connectivity index (χ1n) is 13.4. The highest BCUT2D eigenvalue weighted by Gasteiger charge is 2.48. The van der Waals surface area contributed by atoms with Crippen molar-refractivity contribution in [1.29, 1.82) is 0 Å². The molecule has 7 rings (SSSR count). The predicted molar refractivity (Wildman–Crippen MR) is 144 cm³/mol. The molecule has 38 heavy (non-hydrogen) atoms. The molecule has 3 aromatic rings. The van der Waals surface area contributed by atoms with E-state index in [1.807, 2.05) is 11.1 Å². The number of nitrogens with zero attached hydrogens (tertiary/aromatic N) is 6. The van der Waals surface area contributed by atoms with Gasteiger partial charge in [0.25, 0.3) is 5.91 Å². The number of urea groups is 1. The second-order valence-electron chi connectivity index (χ2n) is 11.3. The zero-order valence-electron chi connectivity index (χ0n) is 22.1. The number of hydrogen-bond acceptors (Lipinski definition) is 6. The van der Waals surface area contributed by atoms with Crippen LogP contribution in [0.15, 0.2) is 42.9 Å². The van der Waals surface area contributed by atoms with Crippen molar-refractivity contribution >= 4 is 23.3 Å². The number of piperazine rings is 1. The number of amides is 3. The summed E-state index contributed by atoms with van der Waals surface area (Å²) in [5, 5.41) is 18.2. The predicted octanol–water partition coefficient (Wildman–Crippen LogP) is 2.77. The van der Waals surface area contributed by atoms with E-state index < -0.39 is 5.60 Å². The quantitative estimate of drug-likeness (QED) is 0.551. The molecule has 4 fully saturated rings. The lowest BCUT2D eigenvalue weighted by atomic mass is 9.63. The molecule has 10 nitrogen and oxygen atoms in total. The van der Waals surface area contributed by atoms with Gasteiger partial charge >= 0.3 is 6.03 Å². The Morgan fingerprint density at radius 2 is 1.58 bits per heavy atom. The van der Waals surface area contributed by atoms with Crippen LogP contribution in [0.2, 0.25) is 0 Å². The number of aromatic nitrogens is 3. The van der Waals surface area contributed by atoms with Gasteiger partial charge in [0.2, 0.25) is 0 Å². The Morgan fingerprint density at radius 1 is 0.921 bits per heavy atom. The molecule has 1 saturated heterocycles. The fourth-order valence-electron chi connectivity index (χ4n) is 6.15. The normalized spacial score (nSPS) is 25.0. The lowest BCUT2D eigenvalue weighted by Gasteiger charge is -2.51. The highest BCUT2D eigenvalue weighted by molar-refractivity contribution is 6.00. The van der Waals surface area contributed by atoms with Gasteiger partial charge in [0.15, 0.2) is 5.65 Å². The average Bonchev–Trinajstić information content (AvgIpc) is 3.37. The van der Waals surface area contributed by atoms with Crippen LogP contribution >= 0.6 is 0 Å². The third-order valence-electron chi connectivity index (χ3n) is 8.69. The first kappa shape index (κ1) is 24.7. The van der Waals surface area contributed by atoms with Crippen LogP contribution in [-0.2, 0) is 0 Å². The van der Waals surface area contributed by atoms with E-state index in [0.717, 1.165) is 68.4 Å². The van der Waals surface area contributed by atoms with Crippen molar-refractivity contribution in [1.82, 2.24) is 29.7 Å². The Hall–Kier alpha value is -3.66. The molecule has 3 aliphatic carbocycles. The summed E-state index contributed by atoms with van der Waals surface area (Å²) in [4.78, 5) is 35.8. The Kier molecular flexibility index (Phi) is 6.02. The van der Waals surface area contributed by atoms with Gasteiger partial charge in [-0.3, -0.25) is 4.79 Å². The molecule has 2 bridgehead atoms. The van der Waals surface area contributed by atoms with Crippen molar-refractivity contribution in [2.45, 2.75) is 49.7 Å². The Labute approximate surface area is 222 Å². The second kappa shape index (κ2) is 9.27. The van der Waals surface area contributed by atoms with Gasteiger partial charge in [0.1, 0.15) is 5.56 Å². The van der Waals surface area contributed by atoms with Crippen molar-refractivity contribution in [3.63, 3.8) is 0 Å². The number of nitrogens with one attached hydrogen (secondary N) is 1. The number of anilines is 1. The molecule has 200 valence electrons. The van der Waals surface area contributed by atoms with Crippen molar-refractivity contribution in [2.24, 2.45) is 0 Å². The number of benzene rings is 1. The van der Waals surface area contributed by atoms with Gasteiger partial charge in [-0.25, -0.2) is 14.3 Å². The molecular formula is C28H35N7O3. The van der Waals surface area contributed by atoms with Crippen LogP contribution in [-0.4, -0.2) is 92.9 Å². The summed E-state index contributed by atoms with van der Waals surface area (Å²) in [5.41, 5.74) is 3.30. The minimum absolute atomic E-state index is 0.0579. The fraction of sp³-hybridized carbons (Fsp3) is 0.500. The number of aliphatic hydroxyl groups is 1. The summed E-state index contributed by atoms with van der Waals surface area (Å²) in [6.45, 7) is 3.01. The van der Waals surface area contributed by atoms with Crippen LogP contribution < -0.4 is 10.2 Å². The molecule has 0 atom stereocenters. The Balaban J connectivity index is 1.13. The third kappa shape index (κ3) is 4.47. The van der Waals surface area contributed by atoms with Gasteiger partial charge in [-0.15, -0.1) is 0 Å². The number of carbonyl (C=O) groups is 2. The molecule has 2 N–H and O–H groups in total. The Morgan fingerprint density at radius 3 is 2.21 bits per heavy atom. The molecule has 0 radical (unpaired) electrons. The van der Waals surface area contributed by atoms with Crippen molar-refractivity contribution in [3.05, 3.63) is 48.4 Å². The molecule has 10 heteroatoms. The van der Waals surface area contributed by atoms with Crippen LogP contribution in [0.1, 0.15) is 48.9 Å². The maximum Gasteiger partial charge on any atom is 0.319 e. The first-order chi connectivity index (χ1) is 18.2. The maximum absolute atomic E-state index is 13.2. The van der Waals surface area contributed by atoms with Crippen molar-refractivity contribution < 1.29 is 14.7 Å². The minimum atomic E-state index is -0.533. The lowest BCUT2D eigenvalue weighted by molar-refractivity contribution is -0.0702. The third-order valence-corrected chi connectivity index (χ3v) is 8.69. The van der Waals surface area contributed by atoms with Crippen LogP contribution in [0, 0.1) is 0 Å². The fourth-order valence-corrected chi connectivity index (χ4v) is 6.15. The molecule has 3 heterocycles. The summed E-state index contributed by atoms with van der Waals surface area (Å²) in [6, 6.07) is 8.39.